The highest BCUT2D eigenvalue weighted by atomic mass is 19.4. The summed E-state index contributed by atoms with van der Waals surface area (Å²) in [6.45, 7) is 0.899. The zero-order valence-corrected chi connectivity index (χ0v) is 17.1. The van der Waals surface area contributed by atoms with Gasteiger partial charge in [0.25, 0.3) is 11.6 Å². The molecule has 1 aromatic heterocycles. The number of carbonyl (C=O) groups is 1. The summed E-state index contributed by atoms with van der Waals surface area (Å²) < 4.78 is 44.2. The maximum absolute atomic E-state index is 12.8. The van der Waals surface area contributed by atoms with Gasteiger partial charge in [0.15, 0.2) is 11.5 Å². The van der Waals surface area contributed by atoms with Crippen molar-refractivity contribution in [3.63, 3.8) is 0 Å². The van der Waals surface area contributed by atoms with Crippen LogP contribution in [0.25, 0.3) is 22.8 Å². The second kappa shape index (κ2) is 9.18. The van der Waals surface area contributed by atoms with Crippen LogP contribution in [-0.2, 0) is 6.18 Å². The summed E-state index contributed by atoms with van der Waals surface area (Å²) in [7, 11) is 3.68. The van der Waals surface area contributed by atoms with Gasteiger partial charge in [-0.1, -0.05) is 0 Å². The molecule has 0 aliphatic heterocycles. The molecule has 11 heteroatoms. The van der Waals surface area contributed by atoms with Crippen molar-refractivity contribution < 1.29 is 27.3 Å². The molecule has 0 aliphatic rings. The first kappa shape index (κ1) is 22.9. The van der Waals surface area contributed by atoms with Crippen molar-refractivity contribution in [1.29, 1.82) is 0 Å². The Kier molecular flexibility index (Phi) is 6.58. The number of nitro groups is 1. The van der Waals surface area contributed by atoms with Crippen molar-refractivity contribution in [3.8, 4) is 22.8 Å². The Morgan fingerprint density at radius 1 is 1.09 bits per heavy atom. The number of non-ortho nitro benzene ring substituents is 1. The molecule has 0 atom stereocenters. The lowest BCUT2D eigenvalue weighted by Gasteiger charge is -2.09. The number of likely N-dealkylation sites (N-methyl/N-ethyl adjacent to an activating group) is 1. The SMILES string of the molecule is CN(C)CCNC(=O)c1nc(-c2ccc(C(F)(F)F)cc2)oc1-c1ccc([N+](=O)[O-])cc1. The van der Waals surface area contributed by atoms with Crippen LogP contribution in [0.1, 0.15) is 16.1 Å². The Morgan fingerprint density at radius 2 is 1.69 bits per heavy atom. The van der Waals surface area contributed by atoms with Gasteiger partial charge >= 0.3 is 6.18 Å². The minimum atomic E-state index is -4.49. The number of nitrogens with zero attached hydrogens (tertiary/aromatic N) is 3. The van der Waals surface area contributed by atoms with Gasteiger partial charge in [-0.25, -0.2) is 4.98 Å². The number of benzene rings is 2. The Morgan fingerprint density at radius 3 is 2.22 bits per heavy atom. The minimum absolute atomic E-state index is 0.0511. The highest BCUT2D eigenvalue weighted by molar-refractivity contribution is 5.98. The van der Waals surface area contributed by atoms with E-state index >= 15 is 0 Å². The molecule has 1 amide bonds. The summed E-state index contributed by atoms with van der Waals surface area (Å²) >= 11 is 0. The van der Waals surface area contributed by atoms with Crippen LogP contribution in [0, 0.1) is 10.1 Å². The van der Waals surface area contributed by atoms with E-state index < -0.39 is 22.6 Å². The Balaban J connectivity index is 1.99. The molecule has 0 fully saturated rings. The molecular formula is C21H19F3N4O4. The topological polar surface area (TPSA) is 102 Å². The van der Waals surface area contributed by atoms with E-state index in [0.29, 0.717) is 18.7 Å². The predicted octanol–water partition coefficient (Wildman–Crippen LogP) is 4.23. The maximum atomic E-state index is 12.8. The normalized spacial score (nSPS) is 11.6. The van der Waals surface area contributed by atoms with Crippen LogP contribution in [0.3, 0.4) is 0 Å². The number of alkyl halides is 3. The Hall–Kier alpha value is -3.73. The third kappa shape index (κ3) is 5.30. The average Bonchev–Trinajstić information content (AvgIpc) is 3.18. The van der Waals surface area contributed by atoms with E-state index in [-0.39, 0.29) is 28.6 Å². The van der Waals surface area contributed by atoms with Crippen LogP contribution in [0.5, 0.6) is 0 Å². The molecule has 32 heavy (non-hydrogen) atoms. The quantitative estimate of drug-likeness (QED) is 0.429. The van der Waals surface area contributed by atoms with Crippen LogP contribution in [0.15, 0.2) is 52.9 Å². The molecule has 3 rings (SSSR count). The molecule has 168 valence electrons. The molecule has 2 aromatic carbocycles. The molecule has 0 saturated carbocycles. The monoisotopic (exact) mass is 448 g/mol. The molecule has 1 N–H and O–H groups in total. The molecule has 0 saturated heterocycles. The van der Waals surface area contributed by atoms with Crippen LogP contribution in [0.4, 0.5) is 18.9 Å². The summed E-state index contributed by atoms with van der Waals surface area (Å²) in [5.74, 6) is -0.538. The molecule has 0 bridgehead atoms. The van der Waals surface area contributed by atoms with E-state index in [2.05, 4.69) is 10.3 Å². The fraction of sp³-hybridized carbons (Fsp3) is 0.238. The van der Waals surface area contributed by atoms with Crippen molar-refractivity contribution in [2.24, 2.45) is 0 Å². The summed E-state index contributed by atoms with van der Waals surface area (Å²) in [5.41, 5.74) is -0.446. The van der Waals surface area contributed by atoms with Gasteiger partial charge in [-0.3, -0.25) is 14.9 Å². The molecule has 1 heterocycles. The number of hydrogen-bond acceptors (Lipinski definition) is 6. The van der Waals surface area contributed by atoms with Crippen molar-refractivity contribution in [2.45, 2.75) is 6.18 Å². The van der Waals surface area contributed by atoms with Crippen molar-refractivity contribution in [3.05, 3.63) is 69.9 Å². The standard InChI is InChI=1S/C21H19F3N4O4/c1-27(2)12-11-25-19(29)17-18(13-5-9-16(10-6-13)28(30)31)32-20(26-17)14-3-7-15(8-4-14)21(22,23)24/h3-10H,11-12H2,1-2H3,(H,25,29). The van der Waals surface area contributed by atoms with Crippen molar-refractivity contribution in [1.82, 2.24) is 15.2 Å². The van der Waals surface area contributed by atoms with Crippen molar-refractivity contribution in [2.75, 3.05) is 27.2 Å². The molecule has 8 nitrogen and oxygen atoms in total. The third-order valence-electron chi connectivity index (χ3n) is 4.49. The van der Waals surface area contributed by atoms with Gasteiger partial charge in [-0.15, -0.1) is 0 Å². The molecule has 0 radical (unpaired) electrons. The lowest BCUT2D eigenvalue weighted by atomic mass is 10.1. The van der Waals surface area contributed by atoms with Gasteiger partial charge in [-0.05, 0) is 50.5 Å². The number of nitro benzene ring substituents is 1. The fourth-order valence-corrected chi connectivity index (χ4v) is 2.81. The van der Waals surface area contributed by atoms with E-state index in [0.717, 1.165) is 12.1 Å². The molecule has 0 spiro atoms. The molecule has 0 unspecified atom stereocenters. The van der Waals surface area contributed by atoms with Crippen LogP contribution < -0.4 is 5.32 Å². The number of rotatable bonds is 7. The van der Waals surface area contributed by atoms with Gasteiger partial charge in [0, 0.05) is 36.3 Å². The lowest BCUT2D eigenvalue weighted by molar-refractivity contribution is -0.384. The molecule has 3 aromatic rings. The lowest BCUT2D eigenvalue weighted by Crippen LogP contribution is -2.31. The second-order valence-corrected chi connectivity index (χ2v) is 7.14. The fourth-order valence-electron chi connectivity index (χ4n) is 2.81. The van der Waals surface area contributed by atoms with Gasteiger partial charge in [0.05, 0.1) is 10.5 Å². The first-order valence-corrected chi connectivity index (χ1v) is 9.42. The number of hydrogen-bond donors (Lipinski definition) is 1. The smallest absolute Gasteiger partial charge is 0.416 e. The van der Waals surface area contributed by atoms with E-state index in [9.17, 15) is 28.1 Å². The van der Waals surface area contributed by atoms with Gasteiger partial charge in [-0.2, -0.15) is 13.2 Å². The summed E-state index contributed by atoms with van der Waals surface area (Å²) in [6.07, 6.45) is -4.49. The van der Waals surface area contributed by atoms with E-state index in [4.69, 9.17) is 4.42 Å². The largest absolute Gasteiger partial charge is 0.435 e. The van der Waals surface area contributed by atoms with E-state index in [1.165, 1.54) is 36.4 Å². The number of aromatic nitrogens is 1. The maximum Gasteiger partial charge on any atom is 0.416 e. The van der Waals surface area contributed by atoms with Crippen molar-refractivity contribution >= 4 is 11.6 Å². The first-order chi connectivity index (χ1) is 15.1. The van der Waals surface area contributed by atoms with Crippen LogP contribution in [-0.4, -0.2) is 47.9 Å². The van der Waals surface area contributed by atoms with E-state index in [1.54, 1.807) is 0 Å². The number of nitrogens with one attached hydrogen (secondary N) is 1. The predicted molar refractivity (Wildman–Crippen MR) is 110 cm³/mol. The summed E-state index contributed by atoms with van der Waals surface area (Å²) in [6, 6.07) is 9.50. The molecular weight excluding hydrogens is 429 g/mol. The third-order valence-corrected chi connectivity index (χ3v) is 4.49. The number of carbonyl (C=O) groups excluding carboxylic acids is 1. The molecule has 0 aliphatic carbocycles. The van der Waals surface area contributed by atoms with Crippen LogP contribution >= 0.6 is 0 Å². The summed E-state index contributed by atoms with van der Waals surface area (Å²) in [4.78, 5) is 29.1. The summed E-state index contributed by atoms with van der Waals surface area (Å²) in [5, 5.41) is 13.6. The zero-order valence-electron chi connectivity index (χ0n) is 17.1. The highest BCUT2D eigenvalue weighted by Gasteiger charge is 2.30. The Labute approximate surface area is 180 Å². The van der Waals surface area contributed by atoms with Gasteiger partial charge in [0.2, 0.25) is 5.89 Å². The second-order valence-electron chi connectivity index (χ2n) is 7.14. The van der Waals surface area contributed by atoms with Crippen LogP contribution in [0.2, 0.25) is 0 Å². The number of oxazole rings is 1. The number of halogens is 3. The first-order valence-electron chi connectivity index (χ1n) is 9.42. The van der Waals surface area contributed by atoms with E-state index in [1.807, 2.05) is 19.0 Å². The average molecular weight is 448 g/mol. The van der Waals surface area contributed by atoms with Gasteiger partial charge < -0.3 is 14.6 Å². The van der Waals surface area contributed by atoms with Gasteiger partial charge in [0.1, 0.15) is 0 Å². The zero-order chi connectivity index (χ0) is 23.5. The number of amides is 1. The highest BCUT2D eigenvalue weighted by Crippen LogP contribution is 2.33. The Bertz CT molecular complexity index is 1110. The minimum Gasteiger partial charge on any atom is -0.435 e.